The largest absolute Gasteiger partial charge is 0.326 e. The van der Waals surface area contributed by atoms with Crippen LogP contribution in [0.4, 0.5) is 11.4 Å². The van der Waals surface area contributed by atoms with E-state index in [0.717, 1.165) is 80.2 Å². The van der Waals surface area contributed by atoms with Crippen molar-refractivity contribution in [1.82, 2.24) is 14.5 Å². The van der Waals surface area contributed by atoms with Gasteiger partial charge in [-0.3, -0.25) is 24.4 Å². The molecule has 5 heterocycles. The third kappa shape index (κ3) is 7.08. The molecule has 46 heavy (non-hydrogen) atoms. The van der Waals surface area contributed by atoms with Gasteiger partial charge in [0, 0.05) is 79.3 Å². The molecule has 2 aliphatic rings. The fourth-order valence-corrected chi connectivity index (χ4v) is 6.19. The number of nitrogens with one attached hydrogen (secondary N) is 2. The molecule has 2 N–H and O–H groups in total. The summed E-state index contributed by atoms with van der Waals surface area (Å²) in [6, 6.07) is 18.0. The van der Waals surface area contributed by atoms with E-state index in [2.05, 4.69) is 32.7 Å². The lowest BCUT2D eigenvalue weighted by Gasteiger charge is -2.21. The summed E-state index contributed by atoms with van der Waals surface area (Å²) in [6.45, 7) is 1.84. The average Bonchev–Trinajstić information content (AvgIpc) is 3.05. The quantitative estimate of drug-likeness (QED) is 0.232. The molecule has 2 amide bonds. The number of carbonyl (C=O) groups excluding carboxylic acids is 2. The fourth-order valence-electron chi connectivity index (χ4n) is 5.94. The number of anilines is 2. The molecular weight excluding hydrogens is 598 g/mol. The van der Waals surface area contributed by atoms with Crippen LogP contribution in [0.25, 0.3) is 11.1 Å². The van der Waals surface area contributed by atoms with Crippen LogP contribution < -0.4 is 16.2 Å². The smallest absolute Gasteiger partial charge is 0.253 e. The van der Waals surface area contributed by atoms with Gasteiger partial charge >= 0.3 is 0 Å². The Labute approximate surface area is 272 Å². The second-order valence-electron chi connectivity index (χ2n) is 11.8. The van der Waals surface area contributed by atoms with E-state index in [0.29, 0.717) is 24.8 Å². The van der Waals surface area contributed by atoms with E-state index in [1.165, 1.54) is 0 Å². The molecule has 3 aromatic heterocycles. The Balaban J connectivity index is 0.000000172. The number of pyridine rings is 3. The SMILES string of the molecule is Cc1cc(-c2cc3c(cc2Cc2cccnc2)NC(=O)CC3)cn(C)c1=O.O=C1CCc2cc(Cl)c(Cc3cccnc3)cc2N1. The van der Waals surface area contributed by atoms with Crippen LogP contribution in [0, 0.1) is 6.92 Å². The summed E-state index contributed by atoms with van der Waals surface area (Å²) >= 11 is 6.31. The zero-order valence-corrected chi connectivity index (χ0v) is 26.5. The maximum absolute atomic E-state index is 12.1. The summed E-state index contributed by atoms with van der Waals surface area (Å²) in [5.74, 6) is 0.127. The molecule has 0 atom stereocenters. The Bertz CT molecular complexity index is 1960. The van der Waals surface area contributed by atoms with E-state index in [-0.39, 0.29) is 17.4 Å². The molecule has 2 aromatic carbocycles. The highest BCUT2D eigenvalue weighted by Crippen LogP contribution is 2.34. The molecule has 0 bridgehead atoms. The molecule has 0 saturated heterocycles. The van der Waals surface area contributed by atoms with Crippen LogP contribution in [-0.2, 0) is 42.3 Å². The van der Waals surface area contributed by atoms with Crippen LogP contribution in [0.15, 0.2) is 90.4 Å². The maximum Gasteiger partial charge on any atom is 0.253 e. The van der Waals surface area contributed by atoms with Crippen molar-refractivity contribution in [1.29, 1.82) is 0 Å². The Morgan fingerprint density at radius 2 is 1.33 bits per heavy atom. The molecule has 0 unspecified atom stereocenters. The summed E-state index contributed by atoms with van der Waals surface area (Å²) in [4.78, 5) is 43.7. The Kier molecular flexibility index (Phi) is 9.08. The number of hydrogen-bond acceptors (Lipinski definition) is 5. The highest BCUT2D eigenvalue weighted by Gasteiger charge is 2.20. The number of carbonyl (C=O) groups is 2. The van der Waals surface area contributed by atoms with Crippen LogP contribution in [0.3, 0.4) is 0 Å². The van der Waals surface area contributed by atoms with Gasteiger partial charge in [0.05, 0.1) is 0 Å². The zero-order valence-electron chi connectivity index (χ0n) is 25.8. The highest BCUT2D eigenvalue weighted by atomic mass is 35.5. The Hall–Kier alpha value is -5.08. The Morgan fingerprint density at radius 1 is 0.761 bits per heavy atom. The predicted octanol–water partition coefficient (Wildman–Crippen LogP) is 6.44. The van der Waals surface area contributed by atoms with Gasteiger partial charge in [-0.1, -0.05) is 23.7 Å². The van der Waals surface area contributed by atoms with Gasteiger partial charge in [0.25, 0.3) is 5.56 Å². The van der Waals surface area contributed by atoms with Crippen LogP contribution >= 0.6 is 11.6 Å². The van der Waals surface area contributed by atoms with E-state index in [9.17, 15) is 14.4 Å². The average molecular weight is 632 g/mol. The first kappa shape index (κ1) is 30.9. The van der Waals surface area contributed by atoms with Gasteiger partial charge in [-0.2, -0.15) is 0 Å². The summed E-state index contributed by atoms with van der Waals surface area (Å²) in [6.07, 6.45) is 13.0. The monoisotopic (exact) mass is 631 g/mol. The van der Waals surface area contributed by atoms with Gasteiger partial charge in [-0.25, -0.2) is 0 Å². The van der Waals surface area contributed by atoms with Crippen molar-refractivity contribution >= 4 is 34.8 Å². The van der Waals surface area contributed by atoms with Crippen LogP contribution in [0.2, 0.25) is 5.02 Å². The number of nitrogens with zero attached hydrogens (tertiary/aromatic N) is 3. The molecule has 7 rings (SSSR count). The number of fused-ring (bicyclic) bond motifs is 2. The summed E-state index contributed by atoms with van der Waals surface area (Å²) in [5.41, 5.74) is 11.2. The van der Waals surface area contributed by atoms with E-state index in [1.54, 1.807) is 24.0 Å². The van der Waals surface area contributed by atoms with Gasteiger partial charge in [0.2, 0.25) is 11.8 Å². The topological polar surface area (TPSA) is 106 Å². The lowest BCUT2D eigenvalue weighted by molar-refractivity contribution is -0.117. The molecule has 0 saturated carbocycles. The lowest BCUT2D eigenvalue weighted by Crippen LogP contribution is -2.20. The molecule has 2 aliphatic heterocycles. The first-order chi connectivity index (χ1) is 22.2. The number of benzene rings is 2. The molecule has 0 radical (unpaired) electrons. The van der Waals surface area contributed by atoms with E-state index < -0.39 is 0 Å². The minimum Gasteiger partial charge on any atom is -0.326 e. The fraction of sp³-hybridized carbons (Fsp3) is 0.216. The molecule has 5 aromatic rings. The van der Waals surface area contributed by atoms with Crippen LogP contribution in [0.5, 0.6) is 0 Å². The molecule has 0 aliphatic carbocycles. The van der Waals surface area contributed by atoms with E-state index in [4.69, 9.17) is 11.6 Å². The van der Waals surface area contributed by atoms with Crippen molar-refractivity contribution < 1.29 is 9.59 Å². The van der Waals surface area contributed by atoms with Gasteiger partial charge in [0.15, 0.2) is 0 Å². The number of amides is 2. The van der Waals surface area contributed by atoms with Crippen LogP contribution in [0.1, 0.15) is 51.8 Å². The predicted molar refractivity (Wildman–Crippen MR) is 181 cm³/mol. The summed E-state index contributed by atoms with van der Waals surface area (Å²) < 4.78 is 1.62. The molecule has 0 fully saturated rings. The number of aryl methyl sites for hydroxylation is 4. The summed E-state index contributed by atoms with van der Waals surface area (Å²) in [5, 5.41) is 6.64. The number of halogens is 1. The molecule has 232 valence electrons. The standard InChI is InChI=1S/C22H21N3O2.C15H13ClN2O/c1-14-8-18(13-25(2)22(14)27)19-10-16-5-6-21(26)24-20(16)11-17(19)9-15-4-3-7-23-12-15;16-13-7-11-3-4-15(19)18-14(11)8-12(13)6-10-2-1-5-17-9-10/h3-4,7-8,10-13H,5-6,9H2,1-2H3,(H,24,26);1-2,5,7-9H,3-4,6H2,(H,18,19). The molecular formula is C37H34ClN5O3. The Morgan fingerprint density at radius 3 is 1.89 bits per heavy atom. The summed E-state index contributed by atoms with van der Waals surface area (Å²) in [7, 11) is 1.78. The van der Waals surface area contributed by atoms with Crippen LogP contribution in [-0.4, -0.2) is 26.3 Å². The van der Waals surface area contributed by atoms with Crippen molar-refractivity contribution in [2.45, 2.75) is 45.4 Å². The maximum atomic E-state index is 12.1. The van der Waals surface area contributed by atoms with Gasteiger partial charge in [-0.05, 0) is 113 Å². The van der Waals surface area contributed by atoms with Gasteiger partial charge in [0.1, 0.15) is 0 Å². The molecule has 9 heteroatoms. The minimum atomic E-state index is 0.0118. The number of aromatic nitrogens is 3. The van der Waals surface area contributed by atoms with E-state index in [1.807, 2.05) is 68.0 Å². The molecule has 8 nitrogen and oxygen atoms in total. The minimum absolute atomic E-state index is 0.0118. The second kappa shape index (κ2) is 13.5. The van der Waals surface area contributed by atoms with Crippen molar-refractivity contribution in [2.75, 3.05) is 10.6 Å². The third-order valence-electron chi connectivity index (χ3n) is 8.30. The van der Waals surface area contributed by atoms with Crippen molar-refractivity contribution in [3.63, 3.8) is 0 Å². The first-order valence-corrected chi connectivity index (χ1v) is 15.6. The van der Waals surface area contributed by atoms with Crippen molar-refractivity contribution in [3.05, 3.63) is 140 Å². The van der Waals surface area contributed by atoms with Crippen molar-refractivity contribution in [3.8, 4) is 11.1 Å². The zero-order chi connectivity index (χ0) is 32.2. The number of hydrogen-bond donors (Lipinski definition) is 2. The van der Waals surface area contributed by atoms with Gasteiger partial charge < -0.3 is 15.2 Å². The molecule has 0 spiro atoms. The number of rotatable bonds is 5. The first-order valence-electron chi connectivity index (χ1n) is 15.3. The lowest BCUT2D eigenvalue weighted by atomic mass is 9.90. The second-order valence-corrected chi connectivity index (χ2v) is 12.2. The van der Waals surface area contributed by atoms with Gasteiger partial charge in [-0.15, -0.1) is 0 Å². The van der Waals surface area contributed by atoms with E-state index >= 15 is 0 Å². The third-order valence-corrected chi connectivity index (χ3v) is 8.65. The highest BCUT2D eigenvalue weighted by molar-refractivity contribution is 6.31. The normalized spacial score (nSPS) is 13.5. The van der Waals surface area contributed by atoms with Crippen molar-refractivity contribution in [2.24, 2.45) is 7.05 Å².